The number of carbonyl (C=O) groups is 1. The number of hydrogen-bond acceptors (Lipinski definition) is 3. The van der Waals surface area contributed by atoms with Crippen molar-refractivity contribution in [3.63, 3.8) is 0 Å². The molecule has 4 nitrogen and oxygen atoms in total. The van der Waals surface area contributed by atoms with Gasteiger partial charge in [0.05, 0.1) is 10.0 Å². The maximum atomic E-state index is 12.2. The molecule has 3 aromatic rings. The second-order valence-electron chi connectivity index (χ2n) is 5.64. The van der Waals surface area contributed by atoms with Gasteiger partial charge in [-0.2, -0.15) is 5.26 Å². The van der Waals surface area contributed by atoms with Gasteiger partial charge in [-0.15, -0.1) is 0 Å². The lowest BCUT2D eigenvalue weighted by molar-refractivity contribution is -0.117. The molecule has 0 atom stereocenters. The van der Waals surface area contributed by atoms with Crippen molar-refractivity contribution in [2.75, 3.05) is 0 Å². The van der Waals surface area contributed by atoms with Gasteiger partial charge in [0, 0.05) is 18.2 Å². The fraction of sp³-hybridized carbons (Fsp3) is 0.0476. The molecule has 0 unspecified atom stereocenters. The molecule has 3 rings (SSSR count). The van der Waals surface area contributed by atoms with Crippen molar-refractivity contribution >= 4 is 35.2 Å². The molecule has 0 saturated carbocycles. The van der Waals surface area contributed by atoms with Crippen molar-refractivity contribution in [1.29, 1.82) is 5.26 Å². The Morgan fingerprint density at radius 3 is 2.59 bits per heavy atom. The Morgan fingerprint density at radius 2 is 1.85 bits per heavy atom. The van der Waals surface area contributed by atoms with Gasteiger partial charge in [-0.1, -0.05) is 59.6 Å². The molecule has 0 aliphatic carbocycles. The molecule has 2 aromatic carbocycles. The summed E-state index contributed by atoms with van der Waals surface area (Å²) in [6.45, 7) is 0.334. The molecule has 1 aromatic heterocycles. The molecule has 0 aliphatic rings. The van der Waals surface area contributed by atoms with Crippen molar-refractivity contribution in [3.05, 3.63) is 87.6 Å². The molecule has 0 saturated heterocycles. The first-order chi connectivity index (χ1) is 13.1. The van der Waals surface area contributed by atoms with Crippen LogP contribution < -0.4 is 5.32 Å². The number of nitrogens with one attached hydrogen (secondary N) is 1. The van der Waals surface area contributed by atoms with Gasteiger partial charge in [0.15, 0.2) is 0 Å². The molecule has 0 bridgehead atoms. The Bertz CT molecular complexity index is 1030. The second kappa shape index (κ2) is 8.59. The zero-order chi connectivity index (χ0) is 19.2. The van der Waals surface area contributed by atoms with Gasteiger partial charge in [0.25, 0.3) is 5.91 Å². The van der Waals surface area contributed by atoms with E-state index in [1.807, 2.05) is 36.4 Å². The Kier molecular flexibility index (Phi) is 5.97. The van der Waals surface area contributed by atoms with Crippen molar-refractivity contribution in [2.24, 2.45) is 0 Å². The molecular formula is C21H14Cl2N2O2. The van der Waals surface area contributed by atoms with Crippen LogP contribution in [-0.4, -0.2) is 5.91 Å². The quantitative estimate of drug-likeness (QED) is 0.458. The molecule has 27 heavy (non-hydrogen) atoms. The molecular weight excluding hydrogens is 383 g/mol. The molecule has 1 heterocycles. The van der Waals surface area contributed by atoms with Crippen molar-refractivity contribution < 1.29 is 9.21 Å². The fourth-order valence-corrected chi connectivity index (χ4v) is 2.83. The Morgan fingerprint density at radius 1 is 1.07 bits per heavy atom. The molecule has 0 fully saturated rings. The number of halogens is 2. The third-order valence-electron chi connectivity index (χ3n) is 3.79. The fourth-order valence-electron chi connectivity index (χ4n) is 2.43. The molecule has 134 valence electrons. The highest BCUT2D eigenvalue weighted by molar-refractivity contribution is 6.43. The minimum absolute atomic E-state index is 0.0518. The van der Waals surface area contributed by atoms with E-state index in [1.54, 1.807) is 30.3 Å². The van der Waals surface area contributed by atoms with Crippen LogP contribution in [0.25, 0.3) is 17.4 Å². The molecule has 0 spiro atoms. The highest BCUT2D eigenvalue weighted by Gasteiger charge is 2.13. The number of rotatable bonds is 5. The van der Waals surface area contributed by atoms with Crippen LogP contribution in [0.15, 0.2) is 70.7 Å². The Balaban J connectivity index is 1.76. The average molecular weight is 397 g/mol. The summed E-state index contributed by atoms with van der Waals surface area (Å²) in [5, 5.41) is 12.8. The Hall–Kier alpha value is -3.00. The van der Waals surface area contributed by atoms with Crippen LogP contribution in [0.2, 0.25) is 10.0 Å². The smallest absolute Gasteiger partial charge is 0.262 e. The van der Waals surface area contributed by atoms with Crippen LogP contribution in [0.1, 0.15) is 11.3 Å². The molecule has 1 amide bonds. The number of nitriles is 1. The summed E-state index contributed by atoms with van der Waals surface area (Å²) in [6, 6.07) is 19.9. The summed E-state index contributed by atoms with van der Waals surface area (Å²) in [4.78, 5) is 12.2. The van der Waals surface area contributed by atoms with Crippen LogP contribution in [0.3, 0.4) is 0 Å². The van der Waals surface area contributed by atoms with E-state index in [4.69, 9.17) is 27.6 Å². The number of carbonyl (C=O) groups excluding carboxylic acids is 1. The molecule has 1 N–H and O–H groups in total. The lowest BCUT2D eigenvalue weighted by Gasteiger charge is -2.04. The van der Waals surface area contributed by atoms with Crippen molar-refractivity contribution in [3.8, 4) is 17.4 Å². The van der Waals surface area contributed by atoms with Gasteiger partial charge < -0.3 is 9.73 Å². The number of furan rings is 1. The molecule has 0 radical (unpaired) electrons. The summed E-state index contributed by atoms with van der Waals surface area (Å²) >= 11 is 12.2. The average Bonchev–Trinajstić information content (AvgIpc) is 3.15. The number of amides is 1. The predicted molar refractivity (Wildman–Crippen MR) is 106 cm³/mol. The SMILES string of the molecule is N#C/C(=C/c1ccc(-c2cccc(Cl)c2Cl)o1)C(=O)NCc1ccccc1. The second-order valence-corrected chi connectivity index (χ2v) is 6.43. The van der Waals surface area contributed by atoms with Gasteiger partial charge >= 0.3 is 0 Å². The topological polar surface area (TPSA) is 66.0 Å². The monoisotopic (exact) mass is 396 g/mol. The van der Waals surface area contributed by atoms with E-state index in [-0.39, 0.29) is 5.57 Å². The summed E-state index contributed by atoms with van der Waals surface area (Å²) in [7, 11) is 0. The van der Waals surface area contributed by atoms with E-state index in [9.17, 15) is 10.1 Å². The van der Waals surface area contributed by atoms with Crippen molar-refractivity contribution in [1.82, 2.24) is 5.32 Å². The third kappa shape index (κ3) is 4.59. The standard InChI is InChI=1S/C21H14Cl2N2O2/c22-18-8-4-7-17(20(18)23)19-10-9-16(27-19)11-15(12-24)21(26)25-13-14-5-2-1-3-6-14/h1-11H,13H2,(H,25,26)/b15-11-. The van der Waals surface area contributed by atoms with Gasteiger partial charge in [-0.25, -0.2) is 0 Å². The van der Waals surface area contributed by atoms with E-state index in [2.05, 4.69) is 5.32 Å². The minimum Gasteiger partial charge on any atom is -0.457 e. The highest BCUT2D eigenvalue weighted by Crippen LogP contribution is 2.34. The van der Waals surface area contributed by atoms with E-state index < -0.39 is 5.91 Å². The van der Waals surface area contributed by atoms with Gasteiger partial charge in [-0.05, 0) is 29.8 Å². The van der Waals surface area contributed by atoms with Crippen molar-refractivity contribution in [2.45, 2.75) is 6.54 Å². The van der Waals surface area contributed by atoms with E-state index >= 15 is 0 Å². The van der Waals surface area contributed by atoms with Crippen LogP contribution >= 0.6 is 23.2 Å². The normalized spacial score (nSPS) is 11.1. The van der Waals surface area contributed by atoms with Crippen LogP contribution in [0, 0.1) is 11.3 Å². The molecule has 0 aliphatic heterocycles. The van der Waals surface area contributed by atoms with E-state index in [0.29, 0.717) is 33.7 Å². The maximum absolute atomic E-state index is 12.2. The van der Waals surface area contributed by atoms with E-state index in [0.717, 1.165) is 5.56 Å². The first kappa shape index (κ1) is 18.8. The largest absolute Gasteiger partial charge is 0.457 e. The lowest BCUT2D eigenvalue weighted by Crippen LogP contribution is -2.23. The lowest BCUT2D eigenvalue weighted by atomic mass is 10.2. The van der Waals surface area contributed by atoms with Crippen LogP contribution in [-0.2, 0) is 11.3 Å². The zero-order valence-electron chi connectivity index (χ0n) is 14.1. The highest BCUT2D eigenvalue weighted by atomic mass is 35.5. The zero-order valence-corrected chi connectivity index (χ0v) is 15.6. The number of nitrogens with zero attached hydrogens (tertiary/aromatic N) is 1. The maximum Gasteiger partial charge on any atom is 0.262 e. The first-order valence-corrected chi connectivity index (χ1v) is 8.82. The summed E-state index contributed by atoms with van der Waals surface area (Å²) in [5.41, 5.74) is 1.53. The third-order valence-corrected chi connectivity index (χ3v) is 4.61. The van der Waals surface area contributed by atoms with Gasteiger partial charge in [0.2, 0.25) is 0 Å². The van der Waals surface area contributed by atoms with Crippen LogP contribution in [0.4, 0.5) is 0 Å². The van der Waals surface area contributed by atoms with E-state index in [1.165, 1.54) is 6.08 Å². The first-order valence-electron chi connectivity index (χ1n) is 8.06. The predicted octanol–water partition coefficient (Wildman–Crippen LogP) is 5.48. The summed E-state index contributed by atoms with van der Waals surface area (Å²) < 4.78 is 5.70. The minimum atomic E-state index is -0.472. The number of benzene rings is 2. The van der Waals surface area contributed by atoms with Gasteiger partial charge in [0.1, 0.15) is 23.2 Å². The Labute approximate surface area is 166 Å². The van der Waals surface area contributed by atoms with Crippen LogP contribution in [0.5, 0.6) is 0 Å². The summed E-state index contributed by atoms with van der Waals surface area (Å²) in [6.07, 6.45) is 1.39. The number of hydrogen-bond donors (Lipinski definition) is 1. The summed E-state index contributed by atoms with van der Waals surface area (Å²) in [5.74, 6) is 0.392. The molecule has 6 heteroatoms. The van der Waals surface area contributed by atoms with Gasteiger partial charge in [-0.3, -0.25) is 4.79 Å².